The summed E-state index contributed by atoms with van der Waals surface area (Å²) in [7, 11) is 0. The fraction of sp³-hybridized carbons (Fsp3) is 0.333. The van der Waals surface area contributed by atoms with E-state index in [1.165, 1.54) is 12.3 Å². The Bertz CT molecular complexity index is 757. The lowest BCUT2D eigenvalue weighted by atomic mass is 9.97. The molecule has 3 rings (SSSR count). The van der Waals surface area contributed by atoms with Gasteiger partial charge in [0.15, 0.2) is 0 Å². The Morgan fingerprint density at radius 2 is 2.47 bits per heavy atom. The van der Waals surface area contributed by atoms with Crippen LogP contribution in [0.1, 0.15) is 27.4 Å². The molecule has 1 atom stereocenters. The molecule has 2 heterocycles. The molecule has 1 fully saturated rings. The summed E-state index contributed by atoms with van der Waals surface area (Å²) >= 11 is 0. The molecule has 0 saturated carbocycles. The van der Waals surface area contributed by atoms with Crippen LogP contribution in [0.4, 0.5) is 0 Å². The van der Waals surface area contributed by atoms with E-state index in [1.54, 1.807) is 12.1 Å². The van der Waals surface area contributed by atoms with Crippen LogP contribution < -0.4 is 5.32 Å². The zero-order chi connectivity index (χ0) is 16.6. The molecule has 3 nitrogen and oxygen atoms in total. The van der Waals surface area contributed by atoms with Crippen molar-refractivity contribution in [1.82, 2.24) is 10.3 Å². The smallest absolute Gasteiger partial charge is 0.125 e. The largest absolute Gasteiger partial charge is 0.507 e. The Kier molecular flexibility index (Phi) is 0.913. The minimum Gasteiger partial charge on any atom is -0.507 e. The van der Waals surface area contributed by atoms with Gasteiger partial charge in [-0.1, -0.05) is 6.07 Å². The standard InChI is InChI=1S/C12H14N2O/c15-11-3-1-2-10-12(11)9(7-14-10)8-4-5-13-6-8/h1-3,7-8,13-15H,4-6H2/i4D2,5D2,6D2,8D. The molecule has 1 aromatic heterocycles. The number of hydrogen-bond acceptors (Lipinski definition) is 2. The lowest BCUT2D eigenvalue weighted by Crippen LogP contribution is -2.07. The second-order valence-electron chi connectivity index (χ2n) is 3.28. The van der Waals surface area contributed by atoms with Gasteiger partial charge < -0.3 is 15.4 Å². The van der Waals surface area contributed by atoms with Gasteiger partial charge in [0.05, 0.1) is 0 Å². The Balaban J connectivity index is 2.37. The van der Waals surface area contributed by atoms with Crippen molar-refractivity contribution in [3.8, 4) is 5.75 Å². The lowest BCUT2D eigenvalue weighted by molar-refractivity contribution is 0.481. The molecule has 3 N–H and O–H groups in total. The van der Waals surface area contributed by atoms with E-state index in [4.69, 9.17) is 9.60 Å². The number of phenolic OH excluding ortho intramolecular Hbond substituents is 1. The molecule has 0 aliphatic carbocycles. The molecule has 0 spiro atoms. The molecule has 1 saturated heterocycles. The van der Waals surface area contributed by atoms with Gasteiger partial charge in [-0.25, -0.2) is 0 Å². The number of aromatic amines is 1. The Morgan fingerprint density at radius 1 is 1.53 bits per heavy atom. The molecular weight excluding hydrogens is 188 g/mol. The monoisotopic (exact) mass is 209 g/mol. The number of rotatable bonds is 1. The topological polar surface area (TPSA) is 48.0 Å². The molecule has 0 amide bonds. The first-order valence-electron chi connectivity index (χ1n) is 8.04. The Hall–Kier alpha value is -1.48. The number of phenols is 1. The molecule has 78 valence electrons. The Morgan fingerprint density at radius 3 is 3.27 bits per heavy atom. The van der Waals surface area contributed by atoms with E-state index in [-0.39, 0.29) is 16.7 Å². The van der Waals surface area contributed by atoms with Crippen LogP contribution in [0.25, 0.3) is 10.9 Å². The molecule has 0 radical (unpaired) electrons. The third kappa shape index (κ3) is 1.31. The summed E-state index contributed by atoms with van der Waals surface area (Å²) in [5.41, 5.74) is 0.283. The average Bonchev–Trinajstić information content (AvgIpc) is 2.84. The molecular formula is C12H14N2O. The second-order valence-corrected chi connectivity index (χ2v) is 3.28. The van der Waals surface area contributed by atoms with Crippen LogP contribution in [0.2, 0.25) is 0 Å². The van der Waals surface area contributed by atoms with Gasteiger partial charge in [-0.2, -0.15) is 0 Å². The third-order valence-electron chi connectivity index (χ3n) is 2.39. The van der Waals surface area contributed by atoms with E-state index in [0.29, 0.717) is 5.52 Å². The van der Waals surface area contributed by atoms with E-state index in [2.05, 4.69) is 4.98 Å². The van der Waals surface area contributed by atoms with Crippen molar-refractivity contribution in [2.75, 3.05) is 13.0 Å². The Labute approximate surface area is 98.0 Å². The molecule has 1 aliphatic rings. The highest BCUT2D eigenvalue weighted by Gasteiger charge is 2.20. The van der Waals surface area contributed by atoms with Crippen LogP contribution in [0.5, 0.6) is 5.75 Å². The first-order chi connectivity index (χ1) is 9.96. The fourth-order valence-electron chi connectivity index (χ4n) is 1.72. The zero-order valence-corrected chi connectivity index (χ0v) is 7.76. The number of aromatic hydroxyl groups is 1. The number of fused-ring (bicyclic) bond motifs is 1. The van der Waals surface area contributed by atoms with Gasteiger partial charge in [0.1, 0.15) is 5.75 Å². The fourth-order valence-corrected chi connectivity index (χ4v) is 1.72. The second kappa shape index (κ2) is 3.28. The van der Waals surface area contributed by atoms with Crippen molar-refractivity contribution < 1.29 is 14.7 Å². The number of hydrogen-bond donors (Lipinski definition) is 3. The van der Waals surface area contributed by atoms with Gasteiger partial charge >= 0.3 is 0 Å². The highest BCUT2D eigenvalue weighted by molar-refractivity contribution is 5.89. The number of H-pyrrole nitrogens is 1. The average molecular weight is 209 g/mol. The number of nitrogens with one attached hydrogen (secondary N) is 2. The summed E-state index contributed by atoms with van der Waals surface area (Å²) in [6.45, 7) is -5.43. The van der Waals surface area contributed by atoms with E-state index in [9.17, 15) is 5.11 Å². The minimum atomic E-state index is -2.87. The van der Waals surface area contributed by atoms with Gasteiger partial charge in [-0.3, -0.25) is 0 Å². The summed E-state index contributed by atoms with van der Waals surface area (Å²) < 4.78 is 55.9. The summed E-state index contributed by atoms with van der Waals surface area (Å²) in [5.74, 6) is -2.82. The van der Waals surface area contributed by atoms with Crippen LogP contribution >= 0.6 is 0 Å². The van der Waals surface area contributed by atoms with Crippen molar-refractivity contribution in [1.29, 1.82) is 0 Å². The minimum absolute atomic E-state index is 0.116. The maximum atomic E-state index is 10.0. The van der Waals surface area contributed by atoms with E-state index in [1.807, 2.05) is 5.32 Å². The highest BCUT2D eigenvalue weighted by atomic mass is 16.3. The van der Waals surface area contributed by atoms with Gasteiger partial charge in [0, 0.05) is 33.2 Å². The van der Waals surface area contributed by atoms with Gasteiger partial charge in [0.2, 0.25) is 0 Å². The normalized spacial score (nSPS) is 43.1. The number of benzene rings is 1. The maximum Gasteiger partial charge on any atom is 0.125 e. The first-order valence-corrected chi connectivity index (χ1v) is 4.54. The molecule has 3 heteroatoms. The summed E-state index contributed by atoms with van der Waals surface area (Å²) in [4.78, 5) is 2.77. The zero-order valence-electron chi connectivity index (χ0n) is 14.8. The lowest BCUT2D eigenvalue weighted by Gasteiger charge is -2.07. The third-order valence-corrected chi connectivity index (χ3v) is 2.39. The first kappa shape index (κ1) is 4.18. The quantitative estimate of drug-likeness (QED) is 0.672. The molecule has 1 aromatic carbocycles. The van der Waals surface area contributed by atoms with E-state index >= 15 is 0 Å². The van der Waals surface area contributed by atoms with Gasteiger partial charge in [-0.15, -0.1) is 0 Å². The van der Waals surface area contributed by atoms with E-state index in [0.717, 1.165) is 0 Å². The highest BCUT2D eigenvalue weighted by Crippen LogP contribution is 2.34. The molecule has 15 heavy (non-hydrogen) atoms. The van der Waals surface area contributed by atoms with Crippen LogP contribution in [-0.4, -0.2) is 23.1 Å². The predicted octanol–water partition coefficient (Wildman–Crippen LogP) is 1.95. The summed E-state index contributed by atoms with van der Waals surface area (Å²) in [5, 5.41) is 12.1. The van der Waals surface area contributed by atoms with Gasteiger partial charge in [-0.05, 0) is 36.5 Å². The number of aromatic nitrogens is 1. The van der Waals surface area contributed by atoms with Crippen LogP contribution in [0, 0.1) is 0 Å². The predicted molar refractivity (Wildman–Crippen MR) is 60.2 cm³/mol. The van der Waals surface area contributed by atoms with Crippen molar-refractivity contribution in [2.45, 2.75) is 12.3 Å². The molecule has 1 unspecified atom stereocenters. The van der Waals surface area contributed by atoms with Crippen LogP contribution in [-0.2, 0) is 0 Å². The molecule has 1 aliphatic heterocycles. The summed E-state index contributed by atoms with van der Waals surface area (Å²) in [6.07, 6.45) is -1.63. The van der Waals surface area contributed by atoms with E-state index < -0.39 is 25.3 Å². The van der Waals surface area contributed by atoms with Crippen LogP contribution in [0.3, 0.4) is 0 Å². The maximum absolute atomic E-state index is 10.0. The molecule has 2 aromatic rings. The van der Waals surface area contributed by atoms with Crippen molar-refractivity contribution >= 4 is 10.9 Å². The van der Waals surface area contributed by atoms with Crippen molar-refractivity contribution in [3.63, 3.8) is 0 Å². The van der Waals surface area contributed by atoms with Crippen molar-refractivity contribution in [2.24, 2.45) is 0 Å². The van der Waals surface area contributed by atoms with Crippen molar-refractivity contribution in [3.05, 3.63) is 30.0 Å². The molecule has 0 bridgehead atoms. The SMILES string of the molecule is [2H]C1([2H])NC([2H])([2H])C([2H])(c2c[nH]c3cccc(O)c23)C1([2H])[2H]. The van der Waals surface area contributed by atoms with Gasteiger partial charge in [0.25, 0.3) is 0 Å². The van der Waals surface area contributed by atoms with Crippen LogP contribution in [0.15, 0.2) is 24.4 Å². The summed E-state index contributed by atoms with van der Waals surface area (Å²) in [6, 6.07) is 4.51.